The van der Waals surface area contributed by atoms with Crippen LogP contribution in [0.2, 0.25) is 0 Å². The Labute approximate surface area is 92.5 Å². The molecule has 1 nitrogen and oxygen atoms in total. The maximum atomic E-state index is 12.6. The number of nitriles is 1. The van der Waals surface area contributed by atoms with E-state index in [-0.39, 0.29) is 5.56 Å². The van der Waals surface area contributed by atoms with Gasteiger partial charge in [-0.05, 0) is 30.5 Å². The lowest BCUT2D eigenvalue weighted by Crippen LogP contribution is -2.08. The normalized spacial score (nSPS) is 11.2. The number of nitrogens with zero attached hydrogens (tertiary/aromatic N) is 1. The van der Waals surface area contributed by atoms with Crippen LogP contribution in [0, 0.1) is 11.3 Å². The predicted octanol–water partition coefficient (Wildman–Crippen LogP) is 3.92. The quantitative estimate of drug-likeness (QED) is 0.767. The first-order chi connectivity index (χ1) is 7.49. The number of hydrogen-bond donors (Lipinski definition) is 0. The summed E-state index contributed by atoms with van der Waals surface area (Å²) in [5, 5.41) is 8.60. The first-order valence-electron chi connectivity index (χ1n) is 5.09. The second kappa shape index (κ2) is 5.02. The summed E-state index contributed by atoms with van der Waals surface area (Å²) in [6, 6.07) is 5.47. The lowest BCUT2D eigenvalue weighted by Gasteiger charge is -2.10. The average molecular weight is 227 g/mol. The van der Waals surface area contributed by atoms with Crippen LogP contribution in [-0.4, -0.2) is 0 Å². The molecule has 0 unspecified atom stereocenters. The van der Waals surface area contributed by atoms with Crippen LogP contribution in [0.4, 0.5) is 13.2 Å². The molecule has 0 atom stereocenters. The number of rotatable bonds is 3. The van der Waals surface area contributed by atoms with Crippen molar-refractivity contribution in [3.05, 3.63) is 34.9 Å². The lowest BCUT2D eigenvalue weighted by atomic mass is 10.0. The Morgan fingerprint density at radius 3 is 2.50 bits per heavy atom. The van der Waals surface area contributed by atoms with Gasteiger partial charge in [0.2, 0.25) is 0 Å². The van der Waals surface area contributed by atoms with E-state index in [1.807, 2.05) is 6.92 Å². The van der Waals surface area contributed by atoms with E-state index in [2.05, 4.69) is 0 Å². The molecular weight excluding hydrogens is 215 g/mol. The maximum absolute atomic E-state index is 12.6. The van der Waals surface area contributed by atoms with Crippen molar-refractivity contribution in [1.29, 1.82) is 5.26 Å². The molecule has 4 heteroatoms. The monoisotopic (exact) mass is 227 g/mol. The molecule has 1 rings (SSSR count). The zero-order valence-corrected chi connectivity index (χ0v) is 8.93. The van der Waals surface area contributed by atoms with Gasteiger partial charge in [0.05, 0.1) is 17.2 Å². The van der Waals surface area contributed by atoms with Gasteiger partial charge in [-0.25, -0.2) is 0 Å². The van der Waals surface area contributed by atoms with Gasteiger partial charge in [-0.3, -0.25) is 0 Å². The molecule has 1 aromatic rings. The Hall–Kier alpha value is -1.50. The van der Waals surface area contributed by atoms with Crippen molar-refractivity contribution in [3.8, 4) is 6.07 Å². The molecule has 86 valence electrons. The third-order valence-electron chi connectivity index (χ3n) is 2.33. The van der Waals surface area contributed by atoms with Crippen molar-refractivity contribution >= 4 is 0 Å². The highest BCUT2D eigenvalue weighted by Gasteiger charge is 2.33. The molecule has 0 N–H and O–H groups in total. The van der Waals surface area contributed by atoms with Crippen LogP contribution >= 0.6 is 0 Å². The highest BCUT2D eigenvalue weighted by atomic mass is 19.4. The summed E-state index contributed by atoms with van der Waals surface area (Å²) in [7, 11) is 0. The van der Waals surface area contributed by atoms with Crippen molar-refractivity contribution in [3.63, 3.8) is 0 Å². The Balaban J connectivity index is 3.08. The first kappa shape index (κ1) is 12.6. The molecule has 0 saturated heterocycles. The molecule has 0 aromatic heterocycles. The summed E-state index contributed by atoms with van der Waals surface area (Å²) in [6.07, 6.45) is -2.05. The summed E-state index contributed by atoms with van der Waals surface area (Å²) in [4.78, 5) is 0. The van der Waals surface area contributed by atoms with Gasteiger partial charge in [0, 0.05) is 0 Å². The molecule has 0 saturated carbocycles. The fourth-order valence-corrected chi connectivity index (χ4v) is 1.46. The molecule has 0 aliphatic carbocycles. The molecule has 16 heavy (non-hydrogen) atoms. The number of halogens is 3. The van der Waals surface area contributed by atoms with Crippen LogP contribution < -0.4 is 0 Å². The summed E-state index contributed by atoms with van der Waals surface area (Å²) in [5.74, 6) is 0. The topological polar surface area (TPSA) is 23.8 Å². The van der Waals surface area contributed by atoms with E-state index in [0.29, 0.717) is 12.0 Å². The molecule has 0 fully saturated rings. The zero-order valence-electron chi connectivity index (χ0n) is 8.93. The fourth-order valence-electron chi connectivity index (χ4n) is 1.46. The van der Waals surface area contributed by atoms with Gasteiger partial charge in [0.1, 0.15) is 0 Å². The van der Waals surface area contributed by atoms with Crippen molar-refractivity contribution in [1.82, 2.24) is 0 Å². The van der Waals surface area contributed by atoms with Gasteiger partial charge in [0.25, 0.3) is 0 Å². The Bertz CT molecular complexity index is 402. The van der Waals surface area contributed by atoms with Crippen LogP contribution in [-0.2, 0) is 12.6 Å². The molecule has 0 bridgehead atoms. The van der Waals surface area contributed by atoms with E-state index < -0.39 is 11.7 Å². The van der Waals surface area contributed by atoms with Crippen LogP contribution in [0.5, 0.6) is 0 Å². The summed E-state index contributed by atoms with van der Waals surface area (Å²) in [6.45, 7) is 1.98. The highest BCUT2D eigenvalue weighted by Crippen LogP contribution is 2.32. The molecule has 0 spiro atoms. The average Bonchev–Trinajstić information content (AvgIpc) is 2.24. The van der Waals surface area contributed by atoms with Crippen molar-refractivity contribution in [2.45, 2.75) is 32.4 Å². The molecule has 0 radical (unpaired) electrons. The Morgan fingerprint density at radius 2 is 2.00 bits per heavy atom. The second-order valence-corrected chi connectivity index (χ2v) is 3.59. The second-order valence-electron chi connectivity index (χ2n) is 3.59. The van der Waals surface area contributed by atoms with Crippen LogP contribution in [0.25, 0.3) is 0 Å². The zero-order chi connectivity index (χ0) is 12.2. The van der Waals surface area contributed by atoms with Gasteiger partial charge in [0.15, 0.2) is 0 Å². The minimum absolute atomic E-state index is 0.312. The van der Waals surface area contributed by atoms with Gasteiger partial charge in [-0.2, -0.15) is 18.4 Å². The summed E-state index contributed by atoms with van der Waals surface area (Å²) in [5.41, 5.74) is -0.510. The third-order valence-corrected chi connectivity index (χ3v) is 2.33. The van der Waals surface area contributed by atoms with Gasteiger partial charge >= 0.3 is 6.18 Å². The largest absolute Gasteiger partial charge is 0.417 e. The summed E-state index contributed by atoms with van der Waals surface area (Å²) < 4.78 is 37.8. The van der Waals surface area contributed by atoms with Crippen LogP contribution in [0.1, 0.15) is 36.5 Å². The van der Waals surface area contributed by atoms with Crippen molar-refractivity contribution in [2.24, 2.45) is 0 Å². The smallest absolute Gasteiger partial charge is 0.192 e. The Morgan fingerprint density at radius 1 is 1.31 bits per heavy atom. The van der Waals surface area contributed by atoms with Gasteiger partial charge in [-0.1, -0.05) is 19.4 Å². The van der Waals surface area contributed by atoms with Crippen molar-refractivity contribution < 1.29 is 13.2 Å². The molecular formula is C12H12F3N. The maximum Gasteiger partial charge on any atom is 0.417 e. The molecule has 0 heterocycles. The standard InChI is InChI=1S/C12H12F3N/c1-2-3-4-9-5-6-10(8-16)11(7-9)12(13,14)15/h5-7H,2-4H2,1H3. The van der Waals surface area contributed by atoms with E-state index >= 15 is 0 Å². The minimum atomic E-state index is -4.45. The van der Waals surface area contributed by atoms with Crippen LogP contribution in [0.15, 0.2) is 18.2 Å². The van der Waals surface area contributed by atoms with Gasteiger partial charge in [-0.15, -0.1) is 0 Å². The van der Waals surface area contributed by atoms with Crippen molar-refractivity contribution in [2.75, 3.05) is 0 Å². The van der Waals surface area contributed by atoms with Crippen LogP contribution in [0.3, 0.4) is 0 Å². The number of benzene rings is 1. The van der Waals surface area contributed by atoms with E-state index in [1.165, 1.54) is 6.07 Å². The molecule has 0 aliphatic heterocycles. The number of hydrogen-bond acceptors (Lipinski definition) is 1. The minimum Gasteiger partial charge on any atom is -0.192 e. The lowest BCUT2D eigenvalue weighted by molar-refractivity contribution is -0.137. The number of alkyl halides is 3. The Kier molecular flexibility index (Phi) is 3.94. The number of unbranched alkanes of at least 4 members (excludes halogenated alkanes) is 1. The highest BCUT2D eigenvalue weighted by molar-refractivity contribution is 5.42. The third kappa shape index (κ3) is 2.99. The van der Waals surface area contributed by atoms with E-state index in [9.17, 15) is 13.2 Å². The van der Waals surface area contributed by atoms with E-state index in [0.717, 1.165) is 18.9 Å². The summed E-state index contributed by atoms with van der Waals surface area (Å²) >= 11 is 0. The van der Waals surface area contributed by atoms with E-state index in [4.69, 9.17) is 5.26 Å². The van der Waals surface area contributed by atoms with E-state index in [1.54, 1.807) is 12.1 Å². The SMILES string of the molecule is CCCCc1ccc(C#N)c(C(F)(F)F)c1. The molecule has 0 amide bonds. The molecule has 1 aromatic carbocycles. The molecule has 0 aliphatic rings. The number of aryl methyl sites for hydroxylation is 1. The first-order valence-corrected chi connectivity index (χ1v) is 5.09. The van der Waals surface area contributed by atoms with Gasteiger partial charge < -0.3 is 0 Å². The predicted molar refractivity (Wildman–Crippen MR) is 54.8 cm³/mol. The fraction of sp³-hybridized carbons (Fsp3) is 0.417.